The van der Waals surface area contributed by atoms with Crippen molar-refractivity contribution in [1.82, 2.24) is 10.2 Å². The molecule has 0 radical (unpaired) electrons. The molecule has 0 spiro atoms. The summed E-state index contributed by atoms with van der Waals surface area (Å²) in [5.41, 5.74) is 4.13. The number of dihydropyridines is 1. The Bertz CT molecular complexity index is 543. The van der Waals surface area contributed by atoms with Crippen LogP contribution in [0.4, 0.5) is 0 Å². The van der Waals surface area contributed by atoms with Crippen LogP contribution in [0.1, 0.15) is 15.9 Å². The van der Waals surface area contributed by atoms with Gasteiger partial charge in [-0.25, -0.2) is 0 Å². The third-order valence-corrected chi connectivity index (χ3v) is 3.33. The summed E-state index contributed by atoms with van der Waals surface area (Å²) >= 11 is 0. The quantitative estimate of drug-likeness (QED) is 0.730. The number of carbonyl (C=O) groups excluding carboxylic acids is 1. The van der Waals surface area contributed by atoms with Crippen molar-refractivity contribution in [2.75, 3.05) is 13.6 Å². The molecule has 3 heteroatoms. The van der Waals surface area contributed by atoms with Crippen LogP contribution in [0, 0.1) is 0 Å². The normalized spacial score (nSPS) is 18.4. The van der Waals surface area contributed by atoms with Crippen molar-refractivity contribution in [3.8, 4) is 0 Å². The lowest BCUT2D eigenvalue weighted by Gasteiger charge is -2.22. The molecule has 3 nitrogen and oxygen atoms in total. The van der Waals surface area contributed by atoms with Crippen molar-refractivity contribution < 1.29 is 4.79 Å². The molecule has 0 unspecified atom stereocenters. The molecule has 1 aromatic rings. The maximum Gasteiger partial charge on any atom is 0.258 e. The molecule has 2 aliphatic rings. The highest BCUT2D eigenvalue weighted by Crippen LogP contribution is 2.28. The zero-order chi connectivity index (χ0) is 11.8. The maximum atomic E-state index is 12.3. The highest BCUT2D eigenvalue weighted by atomic mass is 16.2. The zero-order valence-electron chi connectivity index (χ0n) is 9.73. The van der Waals surface area contributed by atoms with E-state index in [2.05, 4.69) is 11.4 Å². The summed E-state index contributed by atoms with van der Waals surface area (Å²) in [4.78, 5) is 14.0. The Kier molecular flexibility index (Phi) is 2.25. The molecule has 2 heterocycles. The number of nitrogens with one attached hydrogen (secondary N) is 1. The molecule has 17 heavy (non-hydrogen) atoms. The van der Waals surface area contributed by atoms with Crippen molar-refractivity contribution in [2.24, 2.45) is 0 Å². The van der Waals surface area contributed by atoms with E-state index in [9.17, 15) is 4.79 Å². The Morgan fingerprint density at radius 1 is 1.29 bits per heavy atom. The predicted octanol–water partition coefficient (Wildman–Crippen LogP) is 1.69. The highest BCUT2D eigenvalue weighted by Gasteiger charge is 2.26. The van der Waals surface area contributed by atoms with E-state index >= 15 is 0 Å². The number of fused-ring (bicyclic) bond motifs is 2. The number of allylic oxidation sites excluding steroid dienone is 1. The summed E-state index contributed by atoms with van der Waals surface area (Å²) in [6.07, 6.45) is 4.92. The summed E-state index contributed by atoms with van der Waals surface area (Å²) in [7, 11) is 1.83. The topological polar surface area (TPSA) is 32.3 Å². The number of likely N-dealkylation sites (N-methyl/N-ethyl adjacent to an activating group) is 1. The van der Waals surface area contributed by atoms with Crippen LogP contribution in [0.5, 0.6) is 0 Å². The number of amides is 1. The van der Waals surface area contributed by atoms with E-state index in [1.165, 1.54) is 5.57 Å². The second-order valence-corrected chi connectivity index (χ2v) is 4.37. The molecule has 1 amide bonds. The number of hydrogen-bond donors (Lipinski definition) is 1. The first-order valence-electron chi connectivity index (χ1n) is 5.76. The molecule has 0 bridgehead atoms. The van der Waals surface area contributed by atoms with Gasteiger partial charge in [0.1, 0.15) is 0 Å². The molecule has 86 valence electrons. The fraction of sp³-hybridized carbons (Fsp3) is 0.214. The monoisotopic (exact) mass is 226 g/mol. The van der Waals surface area contributed by atoms with Gasteiger partial charge in [-0.05, 0) is 17.2 Å². The van der Waals surface area contributed by atoms with Crippen LogP contribution in [0.3, 0.4) is 0 Å². The second-order valence-electron chi connectivity index (χ2n) is 4.37. The van der Waals surface area contributed by atoms with Crippen LogP contribution in [-0.4, -0.2) is 24.4 Å². The van der Waals surface area contributed by atoms with Gasteiger partial charge in [0.05, 0.1) is 5.70 Å². The number of carbonyl (C=O) groups is 1. The fourth-order valence-corrected chi connectivity index (χ4v) is 2.39. The van der Waals surface area contributed by atoms with Gasteiger partial charge in [0, 0.05) is 31.8 Å². The first-order chi connectivity index (χ1) is 8.27. The lowest BCUT2D eigenvalue weighted by molar-refractivity contribution is 0.0840. The lowest BCUT2D eigenvalue weighted by Crippen LogP contribution is -2.28. The molecular weight excluding hydrogens is 212 g/mol. The van der Waals surface area contributed by atoms with Crippen LogP contribution in [0.25, 0.3) is 0 Å². The summed E-state index contributed by atoms with van der Waals surface area (Å²) in [6, 6.07) is 7.84. The van der Waals surface area contributed by atoms with Gasteiger partial charge in [0.2, 0.25) is 0 Å². The van der Waals surface area contributed by atoms with E-state index in [1.807, 2.05) is 37.5 Å². The van der Waals surface area contributed by atoms with Crippen molar-refractivity contribution in [1.29, 1.82) is 0 Å². The smallest absolute Gasteiger partial charge is 0.258 e. The predicted molar refractivity (Wildman–Crippen MR) is 66.4 cm³/mol. The van der Waals surface area contributed by atoms with E-state index in [0.29, 0.717) is 0 Å². The van der Waals surface area contributed by atoms with Gasteiger partial charge >= 0.3 is 0 Å². The van der Waals surface area contributed by atoms with Gasteiger partial charge in [0.15, 0.2) is 0 Å². The number of benzene rings is 1. The molecular formula is C14H14N2O. The van der Waals surface area contributed by atoms with Crippen LogP contribution >= 0.6 is 0 Å². The summed E-state index contributed by atoms with van der Waals surface area (Å²) in [5, 5.41) is 3.16. The van der Waals surface area contributed by atoms with Crippen molar-refractivity contribution >= 4 is 5.91 Å². The number of hydrogen-bond acceptors (Lipinski definition) is 2. The van der Waals surface area contributed by atoms with Crippen molar-refractivity contribution in [2.45, 2.75) is 6.42 Å². The molecule has 3 rings (SSSR count). The van der Waals surface area contributed by atoms with E-state index < -0.39 is 0 Å². The van der Waals surface area contributed by atoms with Gasteiger partial charge in [-0.1, -0.05) is 24.3 Å². The molecule has 0 atom stereocenters. The molecule has 0 aromatic heterocycles. The average Bonchev–Trinajstić information content (AvgIpc) is 2.48. The molecule has 0 aliphatic carbocycles. The van der Waals surface area contributed by atoms with E-state index in [1.54, 1.807) is 4.90 Å². The first kappa shape index (κ1) is 10.1. The third-order valence-electron chi connectivity index (χ3n) is 3.33. The van der Waals surface area contributed by atoms with Gasteiger partial charge < -0.3 is 10.2 Å². The van der Waals surface area contributed by atoms with Gasteiger partial charge in [-0.15, -0.1) is 0 Å². The van der Waals surface area contributed by atoms with Gasteiger partial charge in [0.25, 0.3) is 5.91 Å². The fourth-order valence-electron chi connectivity index (χ4n) is 2.39. The molecule has 0 saturated carbocycles. The maximum absolute atomic E-state index is 12.3. The SMILES string of the molecule is CN1C(=O)c2ccccc2CC2=CCNC=C21. The summed E-state index contributed by atoms with van der Waals surface area (Å²) in [5.74, 6) is 0.0685. The molecule has 0 saturated heterocycles. The zero-order valence-corrected chi connectivity index (χ0v) is 9.73. The third kappa shape index (κ3) is 1.55. The molecule has 1 N–H and O–H groups in total. The molecule has 2 aliphatic heterocycles. The average molecular weight is 226 g/mol. The first-order valence-corrected chi connectivity index (χ1v) is 5.76. The van der Waals surface area contributed by atoms with Crippen LogP contribution in [-0.2, 0) is 6.42 Å². The highest BCUT2D eigenvalue weighted by molar-refractivity contribution is 5.98. The number of rotatable bonds is 0. The Morgan fingerprint density at radius 3 is 3.00 bits per heavy atom. The Balaban J connectivity index is 2.16. The van der Waals surface area contributed by atoms with Crippen molar-refractivity contribution in [3.05, 3.63) is 58.9 Å². The number of nitrogens with zero attached hydrogens (tertiary/aromatic N) is 1. The standard InChI is InChI=1S/C14H14N2O/c1-16-13-9-15-7-6-11(13)8-10-4-2-3-5-12(10)14(16)17/h2-6,9,15H,7-8H2,1H3. The van der Waals surface area contributed by atoms with E-state index in [0.717, 1.165) is 29.8 Å². The van der Waals surface area contributed by atoms with E-state index in [4.69, 9.17) is 0 Å². The van der Waals surface area contributed by atoms with E-state index in [-0.39, 0.29) is 5.91 Å². The minimum atomic E-state index is 0.0685. The second kappa shape index (κ2) is 3.77. The minimum Gasteiger partial charge on any atom is -0.386 e. The molecule has 0 fully saturated rings. The Morgan fingerprint density at radius 2 is 2.12 bits per heavy atom. The van der Waals surface area contributed by atoms with Crippen LogP contribution in [0.15, 0.2) is 47.8 Å². The lowest BCUT2D eigenvalue weighted by atomic mass is 9.99. The van der Waals surface area contributed by atoms with Gasteiger partial charge in [-0.3, -0.25) is 4.79 Å². The molecule has 1 aromatic carbocycles. The van der Waals surface area contributed by atoms with Crippen LogP contribution in [0.2, 0.25) is 0 Å². The van der Waals surface area contributed by atoms with Gasteiger partial charge in [-0.2, -0.15) is 0 Å². The van der Waals surface area contributed by atoms with Crippen LogP contribution < -0.4 is 5.32 Å². The van der Waals surface area contributed by atoms with Crippen molar-refractivity contribution in [3.63, 3.8) is 0 Å². The summed E-state index contributed by atoms with van der Waals surface area (Å²) in [6.45, 7) is 0.836. The Labute approximate surface area is 100 Å². The minimum absolute atomic E-state index is 0.0685. The largest absolute Gasteiger partial charge is 0.386 e. The summed E-state index contributed by atoms with van der Waals surface area (Å²) < 4.78 is 0. The Hall–Kier alpha value is -2.03.